The van der Waals surface area contributed by atoms with Crippen molar-refractivity contribution in [1.82, 2.24) is 9.78 Å². The zero-order valence-corrected chi connectivity index (χ0v) is 16.8. The third kappa shape index (κ3) is 4.10. The molecule has 152 valence electrons. The molecule has 28 heavy (non-hydrogen) atoms. The van der Waals surface area contributed by atoms with Crippen molar-refractivity contribution in [3.05, 3.63) is 45.9 Å². The first-order valence-electron chi connectivity index (χ1n) is 8.96. The third-order valence-electron chi connectivity index (χ3n) is 4.93. The number of benzene rings is 1. The predicted octanol–water partition coefficient (Wildman–Crippen LogP) is 4.35. The van der Waals surface area contributed by atoms with Crippen molar-refractivity contribution in [3.8, 4) is 5.69 Å². The molecule has 1 saturated carbocycles. The molecule has 1 fully saturated rings. The number of carbonyl (C=O) groups is 1. The summed E-state index contributed by atoms with van der Waals surface area (Å²) in [6.07, 6.45) is -0.918. The van der Waals surface area contributed by atoms with Gasteiger partial charge in [-0.25, -0.2) is 17.9 Å². The first-order chi connectivity index (χ1) is 13.3. The summed E-state index contributed by atoms with van der Waals surface area (Å²) in [5, 5.41) is 14.3. The molecule has 1 N–H and O–H groups in total. The van der Waals surface area contributed by atoms with Crippen LogP contribution in [0.25, 0.3) is 5.69 Å². The second kappa shape index (κ2) is 8.24. The van der Waals surface area contributed by atoms with E-state index >= 15 is 0 Å². The molecule has 0 radical (unpaired) electrons. The van der Waals surface area contributed by atoms with E-state index in [2.05, 4.69) is 21.0 Å². The maximum Gasteiger partial charge on any atom is 0.309 e. The smallest absolute Gasteiger partial charge is 0.309 e. The van der Waals surface area contributed by atoms with E-state index in [1.807, 2.05) is 0 Å². The molecule has 1 aromatic heterocycles. The second-order valence-corrected chi connectivity index (χ2v) is 7.55. The Bertz CT molecular complexity index is 855. The van der Waals surface area contributed by atoms with Crippen molar-refractivity contribution in [1.29, 1.82) is 0 Å². The van der Waals surface area contributed by atoms with E-state index in [1.165, 1.54) is 28.9 Å². The van der Waals surface area contributed by atoms with Crippen LogP contribution in [-0.4, -0.2) is 33.4 Å². The van der Waals surface area contributed by atoms with Gasteiger partial charge in [-0.1, -0.05) is 0 Å². The Kier molecular flexibility index (Phi) is 6.14. The number of carbonyl (C=O) groups excluding carboxylic acids is 1. The molecule has 0 bridgehead atoms. The molecule has 0 spiro atoms. The summed E-state index contributed by atoms with van der Waals surface area (Å²) < 4.78 is 48.1. The molecular formula is C19H20BrF3N2O3. The van der Waals surface area contributed by atoms with Gasteiger partial charge in [-0.15, -0.1) is 0 Å². The van der Waals surface area contributed by atoms with Crippen LogP contribution >= 0.6 is 15.9 Å². The number of ether oxygens (including phenoxy) is 1. The summed E-state index contributed by atoms with van der Waals surface area (Å²) in [5.74, 6) is -5.67. The Balaban J connectivity index is 2.03. The number of aromatic nitrogens is 2. The molecule has 1 aliphatic carbocycles. The number of nitrogens with zero attached hydrogens (tertiary/aromatic N) is 2. The predicted molar refractivity (Wildman–Crippen MR) is 98.8 cm³/mol. The fourth-order valence-corrected chi connectivity index (χ4v) is 4.25. The standard InChI is InChI=1S/C19H20BrF3N2O3/c1-2-28-18(27)14-9-19(22,23)8-7-13(14)17-16(20)15(10-26)25(24-17)12-5-3-11(21)4-6-12/h3-6,13-14,26H,2,7-10H2,1H3. The summed E-state index contributed by atoms with van der Waals surface area (Å²) in [4.78, 5) is 12.4. The highest BCUT2D eigenvalue weighted by molar-refractivity contribution is 9.10. The number of hydrogen-bond donors (Lipinski definition) is 1. The van der Waals surface area contributed by atoms with Gasteiger partial charge in [0, 0.05) is 18.8 Å². The van der Waals surface area contributed by atoms with Crippen molar-refractivity contribution >= 4 is 21.9 Å². The number of halogens is 4. The topological polar surface area (TPSA) is 64.3 Å². The van der Waals surface area contributed by atoms with Gasteiger partial charge in [0.25, 0.3) is 0 Å². The van der Waals surface area contributed by atoms with Gasteiger partial charge < -0.3 is 9.84 Å². The lowest BCUT2D eigenvalue weighted by Gasteiger charge is -2.33. The Morgan fingerprint density at radius 1 is 1.39 bits per heavy atom. The van der Waals surface area contributed by atoms with Gasteiger partial charge >= 0.3 is 5.97 Å². The molecule has 0 aliphatic heterocycles. The molecule has 3 rings (SSSR count). The zero-order valence-electron chi connectivity index (χ0n) is 15.2. The second-order valence-electron chi connectivity index (χ2n) is 6.76. The summed E-state index contributed by atoms with van der Waals surface area (Å²) in [6, 6.07) is 5.51. The summed E-state index contributed by atoms with van der Waals surface area (Å²) >= 11 is 3.40. The fourth-order valence-electron chi connectivity index (χ4n) is 3.58. The number of rotatable bonds is 5. The average Bonchev–Trinajstić information content (AvgIpc) is 2.98. The molecule has 0 amide bonds. The van der Waals surface area contributed by atoms with Gasteiger partial charge in [-0.2, -0.15) is 5.10 Å². The minimum absolute atomic E-state index is 0.0559. The highest BCUT2D eigenvalue weighted by atomic mass is 79.9. The van der Waals surface area contributed by atoms with Crippen molar-refractivity contribution < 1.29 is 27.8 Å². The van der Waals surface area contributed by atoms with Gasteiger partial charge in [-0.05, 0) is 53.5 Å². The Morgan fingerprint density at radius 3 is 2.68 bits per heavy atom. The number of aliphatic hydroxyl groups is 1. The Labute approximate surface area is 168 Å². The minimum atomic E-state index is -2.94. The van der Waals surface area contributed by atoms with E-state index in [-0.39, 0.29) is 26.1 Å². The lowest BCUT2D eigenvalue weighted by molar-refractivity contribution is -0.156. The van der Waals surface area contributed by atoms with E-state index < -0.39 is 36.0 Å². The van der Waals surface area contributed by atoms with E-state index in [0.29, 0.717) is 21.5 Å². The molecule has 0 saturated heterocycles. The van der Waals surface area contributed by atoms with Crippen molar-refractivity contribution in [2.24, 2.45) is 5.92 Å². The molecule has 2 atom stereocenters. The molecule has 1 aliphatic rings. The van der Waals surface area contributed by atoms with E-state index in [4.69, 9.17) is 4.74 Å². The van der Waals surface area contributed by atoms with Crippen molar-refractivity contribution in [3.63, 3.8) is 0 Å². The summed E-state index contributed by atoms with van der Waals surface area (Å²) in [6.45, 7) is 1.34. The minimum Gasteiger partial charge on any atom is -0.466 e. The van der Waals surface area contributed by atoms with Crippen LogP contribution < -0.4 is 0 Å². The quantitative estimate of drug-likeness (QED) is 0.673. The molecule has 2 aromatic rings. The van der Waals surface area contributed by atoms with E-state index in [9.17, 15) is 23.1 Å². The van der Waals surface area contributed by atoms with E-state index in [1.54, 1.807) is 6.92 Å². The van der Waals surface area contributed by atoms with Crippen LogP contribution in [0.2, 0.25) is 0 Å². The van der Waals surface area contributed by atoms with Gasteiger partial charge in [0.1, 0.15) is 5.82 Å². The molecule has 2 unspecified atom stereocenters. The number of hydrogen-bond acceptors (Lipinski definition) is 4. The van der Waals surface area contributed by atoms with E-state index in [0.717, 1.165) is 0 Å². The number of aliphatic hydroxyl groups excluding tert-OH is 1. The number of esters is 1. The lowest BCUT2D eigenvalue weighted by atomic mass is 9.75. The fraction of sp³-hybridized carbons (Fsp3) is 0.474. The average molecular weight is 461 g/mol. The molecular weight excluding hydrogens is 441 g/mol. The van der Waals surface area contributed by atoms with Gasteiger partial charge in [0.05, 0.1) is 40.7 Å². The Morgan fingerprint density at radius 2 is 2.07 bits per heavy atom. The van der Waals surface area contributed by atoms with Crippen LogP contribution in [0.3, 0.4) is 0 Å². The molecule has 9 heteroatoms. The normalized spacial score (nSPS) is 21.5. The van der Waals surface area contributed by atoms with Gasteiger partial charge in [0.15, 0.2) is 0 Å². The van der Waals surface area contributed by atoms with Crippen LogP contribution in [0.15, 0.2) is 28.7 Å². The first kappa shape index (κ1) is 20.9. The number of alkyl halides is 2. The molecule has 5 nitrogen and oxygen atoms in total. The monoisotopic (exact) mass is 460 g/mol. The van der Waals surface area contributed by atoms with Crippen LogP contribution in [0.5, 0.6) is 0 Å². The van der Waals surface area contributed by atoms with Crippen LogP contribution in [-0.2, 0) is 16.1 Å². The highest BCUT2D eigenvalue weighted by Gasteiger charge is 2.47. The maximum atomic E-state index is 14.0. The maximum absolute atomic E-state index is 14.0. The Hall–Kier alpha value is -1.87. The largest absolute Gasteiger partial charge is 0.466 e. The van der Waals surface area contributed by atoms with Crippen molar-refractivity contribution in [2.45, 2.75) is 44.6 Å². The third-order valence-corrected chi connectivity index (χ3v) is 5.79. The zero-order chi connectivity index (χ0) is 20.5. The van der Waals surface area contributed by atoms with Crippen LogP contribution in [0.4, 0.5) is 13.2 Å². The molecule has 1 aromatic carbocycles. The highest BCUT2D eigenvalue weighted by Crippen LogP contribution is 2.47. The van der Waals surface area contributed by atoms with Crippen LogP contribution in [0.1, 0.15) is 43.5 Å². The van der Waals surface area contributed by atoms with Crippen LogP contribution in [0, 0.1) is 11.7 Å². The lowest BCUT2D eigenvalue weighted by Crippen LogP contribution is -2.37. The molecule has 1 heterocycles. The van der Waals surface area contributed by atoms with Crippen molar-refractivity contribution in [2.75, 3.05) is 6.61 Å². The summed E-state index contributed by atoms with van der Waals surface area (Å²) in [5.41, 5.74) is 1.30. The van der Waals surface area contributed by atoms with Gasteiger partial charge in [-0.3, -0.25) is 4.79 Å². The van der Waals surface area contributed by atoms with Gasteiger partial charge in [0.2, 0.25) is 5.92 Å². The SMILES string of the molecule is CCOC(=O)C1CC(F)(F)CCC1c1nn(-c2ccc(F)cc2)c(CO)c1Br. The summed E-state index contributed by atoms with van der Waals surface area (Å²) in [7, 11) is 0. The first-order valence-corrected chi connectivity index (χ1v) is 9.75.